The van der Waals surface area contributed by atoms with E-state index in [0.717, 1.165) is 37.8 Å². The van der Waals surface area contributed by atoms with Gasteiger partial charge in [0.15, 0.2) is 0 Å². The first-order valence-corrected chi connectivity index (χ1v) is 9.18. The summed E-state index contributed by atoms with van der Waals surface area (Å²) >= 11 is 0. The van der Waals surface area contributed by atoms with Crippen LogP contribution in [-0.2, 0) is 16.4 Å². The Morgan fingerprint density at radius 2 is 2.19 bits per heavy atom. The number of sulfonamides is 1. The summed E-state index contributed by atoms with van der Waals surface area (Å²) in [5.74, 6) is 0.119. The lowest BCUT2D eigenvalue weighted by atomic mass is 10.1. The fourth-order valence-electron chi connectivity index (χ4n) is 2.63. The second kappa shape index (κ2) is 7.77. The molecule has 2 rings (SSSR count). The molecule has 0 saturated carbocycles. The van der Waals surface area contributed by atoms with Crippen LogP contribution >= 0.6 is 0 Å². The molecule has 1 aromatic carbocycles. The summed E-state index contributed by atoms with van der Waals surface area (Å²) in [5.41, 5.74) is 1.63. The quantitative estimate of drug-likeness (QED) is 0.713. The molecular weight excluding hydrogens is 288 g/mol. The fourth-order valence-corrected chi connectivity index (χ4v) is 4.01. The number of aryl methyl sites for hydroxylation is 1. The molecule has 5 nitrogen and oxygen atoms in total. The Bertz CT molecular complexity index is 540. The summed E-state index contributed by atoms with van der Waals surface area (Å²) < 4.78 is 27.1. The van der Waals surface area contributed by atoms with Gasteiger partial charge in [-0.3, -0.25) is 4.72 Å². The molecule has 0 spiro atoms. The third-order valence-electron chi connectivity index (χ3n) is 3.66. The van der Waals surface area contributed by atoms with Crippen molar-refractivity contribution in [3.05, 3.63) is 29.8 Å². The number of piperidine rings is 1. The van der Waals surface area contributed by atoms with E-state index in [-0.39, 0.29) is 18.4 Å². The lowest BCUT2D eigenvalue weighted by Gasteiger charge is -2.23. The van der Waals surface area contributed by atoms with Crippen molar-refractivity contribution in [1.29, 1.82) is 0 Å². The van der Waals surface area contributed by atoms with E-state index >= 15 is 0 Å². The van der Waals surface area contributed by atoms with E-state index in [1.807, 2.05) is 18.2 Å². The summed E-state index contributed by atoms with van der Waals surface area (Å²) in [6, 6.07) is 7.42. The first kappa shape index (κ1) is 16.3. The van der Waals surface area contributed by atoms with E-state index in [1.165, 1.54) is 0 Å². The van der Waals surface area contributed by atoms with E-state index in [1.54, 1.807) is 6.07 Å². The van der Waals surface area contributed by atoms with Crippen molar-refractivity contribution in [2.45, 2.75) is 38.1 Å². The highest BCUT2D eigenvalue weighted by atomic mass is 32.2. The molecule has 1 atom stereocenters. The molecule has 1 saturated heterocycles. The Morgan fingerprint density at radius 3 is 2.90 bits per heavy atom. The number of hydrogen-bond acceptors (Lipinski definition) is 4. The molecule has 0 aromatic heterocycles. The van der Waals surface area contributed by atoms with Crippen LogP contribution < -0.4 is 10.0 Å². The zero-order chi connectivity index (χ0) is 15.1. The Balaban J connectivity index is 1.95. The number of nitrogens with one attached hydrogen (secondary N) is 2. The van der Waals surface area contributed by atoms with E-state index in [0.29, 0.717) is 12.1 Å². The topological polar surface area (TPSA) is 78.4 Å². The van der Waals surface area contributed by atoms with Gasteiger partial charge in [-0.15, -0.1) is 0 Å². The standard InChI is InChI=1S/C15H24N2O3S/c18-10-4-6-13-5-3-8-14(11-13)17-21(19,20)12-15-7-1-2-9-16-15/h3,5,8,11,15-18H,1-2,4,6-7,9-10,12H2. The van der Waals surface area contributed by atoms with Crippen LogP contribution in [0.1, 0.15) is 31.2 Å². The smallest absolute Gasteiger partial charge is 0.234 e. The Morgan fingerprint density at radius 1 is 1.33 bits per heavy atom. The minimum absolute atomic E-state index is 0.0498. The van der Waals surface area contributed by atoms with Crippen LogP contribution in [0.2, 0.25) is 0 Å². The van der Waals surface area contributed by atoms with Crippen LogP contribution in [0, 0.1) is 0 Å². The highest BCUT2D eigenvalue weighted by Gasteiger charge is 2.20. The SMILES string of the molecule is O=S(=O)(CC1CCCCN1)Nc1cccc(CCCO)c1. The van der Waals surface area contributed by atoms with Crippen molar-refractivity contribution >= 4 is 15.7 Å². The molecular formula is C15H24N2O3S. The summed E-state index contributed by atoms with van der Waals surface area (Å²) in [5, 5.41) is 12.1. The van der Waals surface area contributed by atoms with Gasteiger partial charge >= 0.3 is 0 Å². The maximum atomic E-state index is 12.2. The third kappa shape index (κ3) is 5.65. The first-order valence-electron chi connectivity index (χ1n) is 7.53. The number of anilines is 1. The average Bonchev–Trinajstić information content (AvgIpc) is 2.45. The van der Waals surface area contributed by atoms with E-state index in [2.05, 4.69) is 10.0 Å². The van der Waals surface area contributed by atoms with Crippen molar-refractivity contribution < 1.29 is 13.5 Å². The van der Waals surface area contributed by atoms with Crippen molar-refractivity contribution in [1.82, 2.24) is 5.32 Å². The molecule has 0 radical (unpaired) electrons. The van der Waals surface area contributed by atoms with E-state index < -0.39 is 10.0 Å². The molecule has 6 heteroatoms. The Labute approximate surface area is 126 Å². The van der Waals surface area contributed by atoms with Crippen LogP contribution in [-0.4, -0.2) is 38.5 Å². The second-order valence-corrected chi connectivity index (χ2v) is 7.32. The van der Waals surface area contributed by atoms with E-state index in [4.69, 9.17) is 5.11 Å². The monoisotopic (exact) mass is 312 g/mol. The van der Waals surface area contributed by atoms with Crippen LogP contribution in [0.25, 0.3) is 0 Å². The molecule has 0 aliphatic carbocycles. The fraction of sp³-hybridized carbons (Fsp3) is 0.600. The molecule has 1 heterocycles. The third-order valence-corrected chi connectivity index (χ3v) is 5.04. The van der Waals surface area contributed by atoms with Crippen LogP contribution in [0.4, 0.5) is 5.69 Å². The predicted molar refractivity (Wildman–Crippen MR) is 84.9 cm³/mol. The van der Waals surface area contributed by atoms with Gasteiger partial charge in [0.2, 0.25) is 10.0 Å². The molecule has 1 fully saturated rings. The lowest BCUT2D eigenvalue weighted by Crippen LogP contribution is -2.40. The van der Waals surface area contributed by atoms with Gasteiger partial charge in [-0.25, -0.2) is 8.42 Å². The van der Waals surface area contributed by atoms with Crippen molar-refractivity contribution in [3.63, 3.8) is 0 Å². The summed E-state index contributed by atoms with van der Waals surface area (Å²) in [4.78, 5) is 0. The molecule has 1 aliphatic heterocycles. The predicted octanol–water partition coefficient (Wildman–Crippen LogP) is 1.50. The molecule has 1 aliphatic rings. The summed E-state index contributed by atoms with van der Waals surface area (Å²) in [6.07, 6.45) is 4.55. The lowest BCUT2D eigenvalue weighted by molar-refractivity contribution is 0.288. The first-order chi connectivity index (χ1) is 10.1. The maximum Gasteiger partial charge on any atom is 0.234 e. The zero-order valence-electron chi connectivity index (χ0n) is 12.2. The second-order valence-electron chi connectivity index (χ2n) is 5.56. The number of aliphatic hydroxyl groups excluding tert-OH is 1. The normalized spacial score (nSPS) is 19.4. The van der Waals surface area contributed by atoms with Crippen LogP contribution in [0.3, 0.4) is 0 Å². The largest absolute Gasteiger partial charge is 0.396 e. The van der Waals surface area contributed by atoms with Gasteiger partial charge in [0.1, 0.15) is 0 Å². The Kier molecular flexibility index (Phi) is 6.02. The molecule has 118 valence electrons. The summed E-state index contributed by atoms with van der Waals surface area (Å²) in [7, 11) is -3.33. The van der Waals surface area contributed by atoms with Gasteiger partial charge in [-0.05, 0) is 49.9 Å². The Hall–Kier alpha value is -1.11. The minimum Gasteiger partial charge on any atom is -0.396 e. The molecule has 21 heavy (non-hydrogen) atoms. The minimum atomic E-state index is -3.33. The van der Waals surface area contributed by atoms with Crippen molar-refractivity contribution in [3.8, 4) is 0 Å². The molecule has 0 amide bonds. The van der Waals surface area contributed by atoms with Gasteiger partial charge in [-0.2, -0.15) is 0 Å². The molecule has 3 N–H and O–H groups in total. The van der Waals surface area contributed by atoms with Gasteiger partial charge in [-0.1, -0.05) is 18.6 Å². The van der Waals surface area contributed by atoms with Gasteiger partial charge in [0.05, 0.1) is 5.75 Å². The van der Waals surface area contributed by atoms with Crippen molar-refractivity contribution in [2.75, 3.05) is 23.6 Å². The highest BCUT2D eigenvalue weighted by Crippen LogP contribution is 2.15. The van der Waals surface area contributed by atoms with Crippen LogP contribution in [0.5, 0.6) is 0 Å². The van der Waals surface area contributed by atoms with E-state index in [9.17, 15) is 8.42 Å². The van der Waals surface area contributed by atoms with Gasteiger partial charge < -0.3 is 10.4 Å². The van der Waals surface area contributed by atoms with Crippen molar-refractivity contribution in [2.24, 2.45) is 0 Å². The highest BCUT2D eigenvalue weighted by molar-refractivity contribution is 7.92. The van der Waals surface area contributed by atoms with Gasteiger partial charge in [0.25, 0.3) is 0 Å². The van der Waals surface area contributed by atoms with Gasteiger partial charge in [0, 0.05) is 18.3 Å². The maximum absolute atomic E-state index is 12.2. The number of rotatable bonds is 7. The average molecular weight is 312 g/mol. The molecule has 1 aromatic rings. The summed E-state index contributed by atoms with van der Waals surface area (Å²) in [6.45, 7) is 1.04. The molecule has 1 unspecified atom stereocenters. The number of benzene rings is 1. The zero-order valence-corrected chi connectivity index (χ0v) is 13.0. The number of hydrogen-bond donors (Lipinski definition) is 3. The molecule has 0 bridgehead atoms. The number of aliphatic hydroxyl groups is 1. The van der Waals surface area contributed by atoms with Crippen LogP contribution in [0.15, 0.2) is 24.3 Å².